The summed E-state index contributed by atoms with van der Waals surface area (Å²) in [6.45, 7) is -0.170. The van der Waals surface area contributed by atoms with Crippen molar-refractivity contribution in [2.75, 3.05) is 16.8 Å². The third-order valence-corrected chi connectivity index (χ3v) is 3.87. The number of para-hydroxylation sites is 1. The molecule has 26 heavy (non-hydrogen) atoms. The minimum absolute atomic E-state index is 0.146. The summed E-state index contributed by atoms with van der Waals surface area (Å²) in [5, 5.41) is 2.56. The zero-order chi connectivity index (χ0) is 18.7. The van der Waals surface area contributed by atoms with E-state index in [0.717, 1.165) is 17.7 Å². The van der Waals surface area contributed by atoms with Gasteiger partial charge in [-0.15, -0.1) is 13.2 Å². The molecule has 0 radical (unpaired) electrons. The van der Waals surface area contributed by atoms with Crippen molar-refractivity contribution < 1.29 is 27.5 Å². The van der Waals surface area contributed by atoms with Crippen molar-refractivity contribution in [3.63, 3.8) is 0 Å². The normalized spacial score (nSPS) is 14.0. The first-order valence-electron chi connectivity index (χ1n) is 7.86. The van der Waals surface area contributed by atoms with Gasteiger partial charge >= 0.3 is 6.36 Å². The molecule has 2 aromatic rings. The molecular formula is C18H15F3N2O3. The molecule has 0 aliphatic carbocycles. The van der Waals surface area contributed by atoms with Crippen LogP contribution in [0.25, 0.3) is 0 Å². The van der Waals surface area contributed by atoms with Gasteiger partial charge < -0.3 is 15.0 Å². The van der Waals surface area contributed by atoms with Gasteiger partial charge in [0.05, 0.1) is 0 Å². The Labute approximate surface area is 147 Å². The molecule has 8 heteroatoms. The predicted octanol–water partition coefficient (Wildman–Crippen LogP) is 3.50. The summed E-state index contributed by atoms with van der Waals surface area (Å²) in [5.41, 5.74) is 2.00. The van der Waals surface area contributed by atoms with Crippen LogP contribution in [0.5, 0.6) is 5.75 Å². The first-order valence-corrected chi connectivity index (χ1v) is 7.86. The van der Waals surface area contributed by atoms with E-state index < -0.39 is 12.3 Å². The molecule has 1 N–H and O–H groups in total. The van der Waals surface area contributed by atoms with Gasteiger partial charge in [0.2, 0.25) is 11.8 Å². The van der Waals surface area contributed by atoms with Crippen LogP contribution in [0.3, 0.4) is 0 Å². The lowest BCUT2D eigenvalue weighted by molar-refractivity contribution is -0.274. The first kappa shape index (κ1) is 17.8. The molecule has 1 aliphatic heterocycles. The third-order valence-electron chi connectivity index (χ3n) is 3.87. The Kier molecular flexibility index (Phi) is 4.83. The van der Waals surface area contributed by atoms with Gasteiger partial charge in [-0.05, 0) is 42.3 Å². The van der Waals surface area contributed by atoms with Crippen molar-refractivity contribution in [3.8, 4) is 5.75 Å². The van der Waals surface area contributed by atoms with Gasteiger partial charge in [0.25, 0.3) is 0 Å². The largest absolute Gasteiger partial charge is 0.573 e. The lowest BCUT2D eigenvalue weighted by Gasteiger charge is -2.28. The molecule has 2 aromatic carbocycles. The summed E-state index contributed by atoms with van der Waals surface area (Å²) >= 11 is 0. The van der Waals surface area contributed by atoms with E-state index in [1.807, 2.05) is 12.1 Å². The van der Waals surface area contributed by atoms with Crippen LogP contribution < -0.4 is 15.0 Å². The number of rotatable bonds is 4. The van der Waals surface area contributed by atoms with Gasteiger partial charge in [0, 0.05) is 17.8 Å². The van der Waals surface area contributed by atoms with Crippen molar-refractivity contribution in [3.05, 3.63) is 54.1 Å². The van der Waals surface area contributed by atoms with Gasteiger partial charge in [0.15, 0.2) is 0 Å². The van der Waals surface area contributed by atoms with Crippen molar-refractivity contribution in [1.29, 1.82) is 0 Å². The zero-order valence-corrected chi connectivity index (χ0v) is 13.5. The average molecular weight is 364 g/mol. The maximum atomic E-state index is 12.2. The van der Waals surface area contributed by atoms with Gasteiger partial charge in [-0.1, -0.05) is 18.2 Å². The zero-order valence-electron chi connectivity index (χ0n) is 13.5. The summed E-state index contributed by atoms with van der Waals surface area (Å²) < 4.78 is 40.2. The molecule has 3 rings (SSSR count). The van der Waals surface area contributed by atoms with E-state index in [-0.39, 0.29) is 18.2 Å². The first-order chi connectivity index (χ1) is 12.3. The average Bonchev–Trinajstić information content (AvgIpc) is 2.58. The highest BCUT2D eigenvalue weighted by atomic mass is 19.4. The van der Waals surface area contributed by atoms with Crippen LogP contribution in [-0.2, 0) is 16.0 Å². The highest BCUT2D eigenvalue weighted by Gasteiger charge is 2.31. The van der Waals surface area contributed by atoms with Crippen LogP contribution >= 0.6 is 0 Å². The third kappa shape index (κ3) is 4.33. The number of carbonyl (C=O) groups is 2. The van der Waals surface area contributed by atoms with Crippen LogP contribution in [0, 0.1) is 0 Å². The van der Waals surface area contributed by atoms with E-state index in [1.165, 1.54) is 17.0 Å². The van der Waals surface area contributed by atoms with E-state index in [2.05, 4.69) is 10.1 Å². The second-order valence-corrected chi connectivity index (χ2v) is 5.73. The quantitative estimate of drug-likeness (QED) is 0.903. The lowest BCUT2D eigenvalue weighted by Crippen LogP contribution is -2.40. The minimum atomic E-state index is -4.77. The maximum Gasteiger partial charge on any atom is 0.573 e. The van der Waals surface area contributed by atoms with Gasteiger partial charge in [0.1, 0.15) is 12.3 Å². The molecule has 0 saturated carbocycles. The van der Waals surface area contributed by atoms with E-state index in [0.29, 0.717) is 24.2 Å². The molecule has 136 valence electrons. The number of anilines is 2. The van der Waals surface area contributed by atoms with Crippen LogP contribution in [0.1, 0.15) is 12.0 Å². The number of halogens is 3. The number of carbonyl (C=O) groups excluding carboxylic acids is 2. The Bertz CT molecular complexity index is 819. The number of amides is 2. The number of alkyl halides is 3. The number of benzene rings is 2. The minimum Gasteiger partial charge on any atom is -0.406 e. The standard InChI is InChI=1S/C18H15F3N2O3/c19-18(20,21)26-14-8-6-13(7-9-14)22-16(24)11-23-15-4-2-1-3-12(15)5-10-17(23)25/h1-4,6-9H,5,10-11H2,(H,22,24). The Hall–Kier alpha value is -3.03. The van der Waals surface area contributed by atoms with E-state index in [4.69, 9.17) is 0 Å². The number of nitrogens with one attached hydrogen (secondary N) is 1. The molecule has 1 aliphatic rings. The monoisotopic (exact) mass is 364 g/mol. The topological polar surface area (TPSA) is 58.6 Å². The molecule has 0 aromatic heterocycles. The molecule has 0 saturated heterocycles. The summed E-state index contributed by atoms with van der Waals surface area (Å²) in [5.74, 6) is -0.969. The van der Waals surface area contributed by atoms with Crippen molar-refractivity contribution in [2.24, 2.45) is 0 Å². The number of ether oxygens (including phenoxy) is 1. The van der Waals surface area contributed by atoms with E-state index in [9.17, 15) is 22.8 Å². The molecule has 2 amide bonds. The second-order valence-electron chi connectivity index (χ2n) is 5.73. The highest BCUT2D eigenvalue weighted by Crippen LogP contribution is 2.27. The molecule has 1 heterocycles. The van der Waals surface area contributed by atoms with Gasteiger partial charge in [-0.3, -0.25) is 9.59 Å². The molecule has 0 bridgehead atoms. The van der Waals surface area contributed by atoms with Crippen LogP contribution in [0.4, 0.5) is 24.5 Å². The maximum absolute atomic E-state index is 12.2. The number of fused-ring (bicyclic) bond motifs is 1. The number of aryl methyl sites for hydroxylation is 1. The van der Waals surface area contributed by atoms with E-state index in [1.54, 1.807) is 12.1 Å². The molecular weight excluding hydrogens is 349 g/mol. The van der Waals surface area contributed by atoms with Gasteiger partial charge in [-0.25, -0.2) is 0 Å². The Morgan fingerprint density at radius 1 is 1.08 bits per heavy atom. The smallest absolute Gasteiger partial charge is 0.406 e. The summed E-state index contributed by atoms with van der Waals surface area (Å²) in [6, 6.07) is 12.2. The van der Waals surface area contributed by atoms with Crippen molar-refractivity contribution in [1.82, 2.24) is 0 Å². The predicted molar refractivity (Wildman–Crippen MR) is 88.9 cm³/mol. The fourth-order valence-electron chi connectivity index (χ4n) is 2.75. The summed E-state index contributed by atoms with van der Waals surface area (Å²) in [4.78, 5) is 25.8. The van der Waals surface area contributed by atoms with Crippen molar-refractivity contribution >= 4 is 23.2 Å². The van der Waals surface area contributed by atoms with Gasteiger partial charge in [-0.2, -0.15) is 0 Å². The Morgan fingerprint density at radius 2 is 1.77 bits per heavy atom. The number of hydrogen-bond donors (Lipinski definition) is 1. The second kappa shape index (κ2) is 7.07. The highest BCUT2D eigenvalue weighted by molar-refractivity contribution is 6.04. The molecule has 0 unspecified atom stereocenters. The fourth-order valence-corrected chi connectivity index (χ4v) is 2.75. The molecule has 5 nitrogen and oxygen atoms in total. The molecule has 0 fully saturated rings. The molecule has 0 atom stereocenters. The SMILES string of the molecule is O=C(CN1C(=O)CCc2ccccc21)Nc1ccc(OC(F)(F)F)cc1. The lowest BCUT2D eigenvalue weighted by atomic mass is 10.0. The number of nitrogens with zero attached hydrogens (tertiary/aromatic N) is 1. The van der Waals surface area contributed by atoms with E-state index >= 15 is 0 Å². The van der Waals surface area contributed by atoms with Crippen LogP contribution in [0.15, 0.2) is 48.5 Å². The molecule has 0 spiro atoms. The Morgan fingerprint density at radius 3 is 2.46 bits per heavy atom. The Balaban J connectivity index is 1.65. The van der Waals surface area contributed by atoms with Crippen LogP contribution in [-0.4, -0.2) is 24.7 Å². The van der Waals surface area contributed by atoms with Crippen LogP contribution in [0.2, 0.25) is 0 Å². The fraction of sp³-hybridized carbons (Fsp3) is 0.222. The summed E-state index contributed by atoms with van der Waals surface area (Å²) in [7, 11) is 0. The number of hydrogen-bond acceptors (Lipinski definition) is 3. The van der Waals surface area contributed by atoms with Crippen molar-refractivity contribution in [2.45, 2.75) is 19.2 Å². The summed E-state index contributed by atoms with van der Waals surface area (Å²) in [6.07, 6.45) is -3.81.